The van der Waals surface area contributed by atoms with Crippen LogP contribution in [0.2, 0.25) is 0 Å². The van der Waals surface area contributed by atoms with Crippen molar-refractivity contribution in [1.29, 1.82) is 0 Å². The molecule has 108 valence electrons. The minimum absolute atomic E-state index is 0.779. The maximum absolute atomic E-state index is 4.69. The summed E-state index contributed by atoms with van der Waals surface area (Å²) in [5.41, 5.74) is 3.28. The smallest absolute Gasteiger partial charge is 0.171 e. The molecule has 0 saturated carbocycles. The Hall–Kier alpha value is -2.05. The number of rotatable bonds is 5. The van der Waals surface area contributed by atoms with Gasteiger partial charge in [0.25, 0.3) is 0 Å². The number of hydrogen-bond acceptors (Lipinski definition) is 4. The lowest BCUT2D eigenvalue weighted by molar-refractivity contribution is 0.764. The van der Waals surface area contributed by atoms with Crippen molar-refractivity contribution >= 4 is 11.8 Å². The van der Waals surface area contributed by atoms with Gasteiger partial charge in [0.1, 0.15) is 5.03 Å². The molecule has 0 amide bonds. The number of benzene rings is 1. The minimum atomic E-state index is 0.779. The van der Waals surface area contributed by atoms with Crippen LogP contribution in [0.1, 0.15) is 11.3 Å². The topological polar surface area (TPSA) is 58.5 Å². The first kappa shape index (κ1) is 13.9. The zero-order valence-corrected chi connectivity index (χ0v) is 12.8. The second-order valence-corrected chi connectivity index (χ2v) is 5.62. The molecule has 0 bridgehead atoms. The van der Waals surface area contributed by atoms with E-state index in [1.807, 2.05) is 43.0 Å². The molecule has 0 aliphatic rings. The van der Waals surface area contributed by atoms with E-state index >= 15 is 0 Å². The summed E-state index contributed by atoms with van der Waals surface area (Å²) in [6, 6.07) is 10.2. The first-order valence-electron chi connectivity index (χ1n) is 6.75. The Morgan fingerprint density at radius 3 is 2.76 bits per heavy atom. The Labute approximate surface area is 127 Å². The summed E-state index contributed by atoms with van der Waals surface area (Å²) in [7, 11) is 1.95. The predicted molar refractivity (Wildman–Crippen MR) is 83.8 cm³/mol. The van der Waals surface area contributed by atoms with E-state index in [0.29, 0.717) is 0 Å². The van der Waals surface area contributed by atoms with Crippen molar-refractivity contribution in [2.24, 2.45) is 0 Å². The molecule has 2 N–H and O–H groups in total. The number of aromatic amines is 1. The molecule has 0 spiro atoms. The second-order valence-electron chi connectivity index (χ2n) is 4.64. The van der Waals surface area contributed by atoms with Crippen LogP contribution in [-0.4, -0.2) is 26.8 Å². The zero-order chi connectivity index (χ0) is 14.7. The van der Waals surface area contributed by atoms with Gasteiger partial charge in [0.15, 0.2) is 5.16 Å². The number of aryl methyl sites for hydroxylation is 1. The summed E-state index contributed by atoms with van der Waals surface area (Å²) in [4.78, 5) is 7.44. The molecule has 0 aliphatic carbocycles. The molecule has 0 radical (unpaired) electrons. The summed E-state index contributed by atoms with van der Waals surface area (Å²) in [5.74, 6) is 0. The summed E-state index contributed by atoms with van der Waals surface area (Å²) in [5, 5.41) is 9.86. The SMILES string of the molecule is CNCc1c(C)nn(-c2ccccc2)c1Sc1ncc[nH]1. The predicted octanol–water partition coefficient (Wildman–Crippen LogP) is 2.77. The molecule has 0 atom stereocenters. The molecule has 0 aliphatic heterocycles. The summed E-state index contributed by atoms with van der Waals surface area (Å²) in [6.45, 7) is 2.82. The Balaban J connectivity index is 2.08. The number of aromatic nitrogens is 4. The lowest BCUT2D eigenvalue weighted by atomic mass is 10.2. The van der Waals surface area contributed by atoms with Gasteiger partial charge in [-0.2, -0.15) is 5.10 Å². The lowest BCUT2D eigenvalue weighted by Crippen LogP contribution is -2.07. The van der Waals surface area contributed by atoms with E-state index in [9.17, 15) is 0 Å². The second kappa shape index (κ2) is 6.15. The number of imidazole rings is 1. The highest BCUT2D eigenvalue weighted by Gasteiger charge is 2.17. The van der Waals surface area contributed by atoms with Gasteiger partial charge in [0.2, 0.25) is 0 Å². The molecule has 0 fully saturated rings. The molecule has 3 aromatic rings. The number of para-hydroxylation sites is 1. The van der Waals surface area contributed by atoms with Crippen LogP contribution in [-0.2, 0) is 6.54 Å². The van der Waals surface area contributed by atoms with Gasteiger partial charge >= 0.3 is 0 Å². The van der Waals surface area contributed by atoms with Crippen LogP contribution in [0.25, 0.3) is 5.69 Å². The van der Waals surface area contributed by atoms with E-state index < -0.39 is 0 Å². The van der Waals surface area contributed by atoms with Gasteiger partial charge in [-0.1, -0.05) is 18.2 Å². The molecule has 5 nitrogen and oxygen atoms in total. The monoisotopic (exact) mass is 299 g/mol. The average Bonchev–Trinajstić information content (AvgIpc) is 3.12. The van der Waals surface area contributed by atoms with E-state index in [-0.39, 0.29) is 0 Å². The number of H-pyrrole nitrogens is 1. The summed E-state index contributed by atoms with van der Waals surface area (Å²) < 4.78 is 1.98. The fourth-order valence-electron chi connectivity index (χ4n) is 2.17. The standard InChI is InChI=1S/C15H17N5S/c1-11-13(10-16-2)14(21-15-17-8-9-18-15)20(19-11)12-6-4-3-5-7-12/h3-9,16H,10H2,1-2H3,(H,17,18). The van der Waals surface area contributed by atoms with Gasteiger partial charge in [0, 0.05) is 24.5 Å². The first-order chi connectivity index (χ1) is 10.3. The van der Waals surface area contributed by atoms with Crippen molar-refractivity contribution in [3.63, 3.8) is 0 Å². The van der Waals surface area contributed by atoms with E-state index in [2.05, 4.69) is 27.4 Å². The Morgan fingerprint density at radius 2 is 2.10 bits per heavy atom. The fourth-order valence-corrected chi connectivity index (χ4v) is 3.17. The highest BCUT2D eigenvalue weighted by atomic mass is 32.2. The largest absolute Gasteiger partial charge is 0.339 e. The van der Waals surface area contributed by atoms with Gasteiger partial charge in [-0.05, 0) is 37.9 Å². The summed E-state index contributed by atoms with van der Waals surface area (Å²) in [6.07, 6.45) is 3.59. The highest BCUT2D eigenvalue weighted by Crippen LogP contribution is 2.32. The Bertz CT molecular complexity index is 703. The number of nitrogens with zero attached hydrogens (tertiary/aromatic N) is 3. The molecule has 1 aromatic carbocycles. The van der Waals surface area contributed by atoms with E-state index in [4.69, 9.17) is 5.10 Å². The Morgan fingerprint density at radius 1 is 1.29 bits per heavy atom. The number of hydrogen-bond donors (Lipinski definition) is 2. The molecule has 0 saturated heterocycles. The van der Waals surface area contributed by atoms with Crippen molar-refractivity contribution < 1.29 is 0 Å². The maximum Gasteiger partial charge on any atom is 0.171 e. The molecule has 6 heteroatoms. The van der Waals surface area contributed by atoms with Gasteiger partial charge in [0.05, 0.1) is 11.4 Å². The molecular formula is C15H17N5S. The third-order valence-electron chi connectivity index (χ3n) is 3.16. The van der Waals surface area contributed by atoms with E-state index in [1.165, 1.54) is 5.56 Å². The lowest BCUT2D eigenvalue weighted by Gasteiger charge is -2.08. The number of nitrogens with one attached hydrogen (secondary N) is 2. The molecule has 3 rings (SSSR count). The van der Waals surface area contributed by atoms with Crippen LogP contribution in [0.5, 0.6) is 0 Å². The normalized spacial score (nSPS) is 11.0. The fraction of sp³-hybridized carbons (Fsp3) is 0.200. The third kappa shape index (κ3) is 2.86. The molecule has 0 unspecified atom stereocenters. The van der Waals surface area contributed by atoms with E-state index in [1.54, 1.807) is 18.0 Å². The van der Waals surface area contributed by atoms with Crippen LogP contribution < -0.4 is 5.32 Å². The van der Waals surface area contributed by atoms with E-state index in [0.717, 1.165) is 28.1 Å². The first-order valence-corrected chi connectivity index (χ1v) is 7.57. The van der Waals surface area contributed by atoms with Crippen molar-refractivity contribution in [1.82, 2.24) is 25.1 Å². The van der Waals surface area contributed by atoms with Gasteiger partial charge in [-0.25, -0.2) is 9.67 Å². The van der Waals surface area contributed by atoms with Crippen molar-refractivity contribution in [2.75, 3.05) is 7.05 Å². The van der Waals surface area contributed by atoms with Crippen molar-refractivity contribution in [2.45, 2.75) is 23.7 Å². The minimum Gasteiger partial charge on any atom is -0.339 e. The van der Waals surface area contributed by atoms with Crippen molar-refractivity contribution in [3.05, 3.63) is 54.0 Å². The molecule has 2 heterocycles. The third-order valence-corrected chi connectivity index (χ3v) is 4.19. The van der Waals surface area contributed by atoms with Gasteiger partial charge in [-0.3, -0.25) is 0 Å². The maximum atomic E-state index is 4.69. The molecule has 21 heavy (non-hydrogen) atoms. The quantitative estimate of drug-likeness (QED) is 0.760. The summed E-state index contributed by atoms with van der Waals surface area (Å²) >= 11 is 1.60. The van der Waals surface area contributed by atoms with Crippen LogP contribution >= 0.6 is 11.8 Å². The van der Waals surface area contributed by atoms with Crippen LogP contribution in [0, 0.1) is 6.92 Å². The van der Waals surface area contributed by atoms with Crippen LogP contribution in [0.4, 0.5) is 0 Å². The van der Waals surface area contributed by atoms with Crippen LogP contribution in [0.15, 0.2) is 52.9 Å². The average molecular weight is 299 g/mol. The van der Waals surface area contributed by atoms with Crippen LogP contribution in [0.3, 0.4) is 0 Å². The molecule has 2 aromatic heterocycles. The molecular weight excluding hydrogens is 282 g/mol. The van der Waals surface area contributed by atoms with Crippen molar-refractivity contribution in [3.8, 4) is 5.69 Å². The zero-order valence-electron chi connectivity index (χ0n) is 12.0. The highest BCUT2D eigenvalue weighted by molar-refractivity contribution is 7.99. The van der Waals surface area contributed by atoms with Gasteiger partial charge < -0.3 is 10.3 Å². The van der Waals surface area contributed by atoms with Gasteiger partial charge in [-0.15, -0.1) is 0 Å². The Kier molecular flexibility index (Phi) is 4.08.